The summed E-state index contributed by atoms with van der Waals surface area (Å²) < 4.78 is 43.1. The fourth-order valence-corrected chi connectivity index (χ4v) is 8.38. The molecule has 4 rings (SSSR count). The van der Waals surface area contributed by atoms with Crippen LogP contribution in [0, 0.1) is 11.8 Å². The first-order chi connectivity index (χ1) is 26.4. The summed E-state index contributed by atoms with van der Waals surface area (Å²) in [5.74, 6) is -2.84. The summed E-state index contributed by atoms with van der Waals surface area (Å²) in [6.45, 7) is 15.6. The van der Waals surface area contributed by atoms with Crippen LogP contribution in [0.15, 0.2) is 72.4 Å². The van der Waals surface area contributed by atoms with Gasteiger partial charge in [0.05, 0.1) is 62.0 Å². The van der Waals surface area contributed by atoms with Gasteiger partial charge in [-0.15, -0.1) is 0 Å². The lowest BCUT2D eigenvalue weighted by Crippen LogP contribution is -2.54. The van der Waals surface area contributed by atoms with E-state index in [9.17, 15) is 20.1 Å². The number of aliphatic hydroxyl groups is 3. The number of aliphatic hydroxyl groups excluding tert-OH is 3. The molecule has 0 radical (unpaired) electrons. The van der Waals surface area contributed by atoms with E-state index < -0.39 is 35.7 Å². The molecule has 0 aliphatic carbocycles. The van der Waals surface area contributed by atoms with Crippen LogP contribution in [-0.4, -0.2) is 101 Å². The number of hydrogen-bond donors (Lipinski definition) is 3. The van der Waals surface area contributed by atoms with E-state index in [0.717, 1.165) is 0 Å². The van der Waals surface area contributed by atoms with E-state index in [1.807, 2.05) is 90.2 Å². The monoisotopic (exact) mass is 786 g/mol. The molecule has 11 atom stereocenters. The SMILES string of the molecule is COC(=O)/C(C)=C/C=C/C=C/C=C/C=C/C[C@@H]1C[C@H](O)C[C@@]2(C[C@H](O)C[C@H](/C=C/C[C@@H]3C[C@H](C[C@H]4C[C@@H]([C@H](C)[C@@H](O)C(C)C)OC(C)(C)O4)OC(C)(C)O3)O2)O1. The second-order valence-corrected chi connectivity index (χ2v) is 17.3. The Balaban J connectivity index is 1.28. The first-order valence-electron chi connectivity index (χ1n) is 20.6. The van der Waals surface area contributed by atoms with Gasteiger partial charge < -0.3 is 48.5 Å². The summed E-state index contributed by atoms with van der Waals surface area (Å²) in [7, 11) is 1.36. The number of hydrogen-bond acceptors (Lipinski definition) is 11. The molecule has 4 saturated heterocycles. The number of esters is 1. The van der Waals surface area contributed by atoms with Gasteiger partial charge in [-0.2, -0.15) is 0 Å². The molecule has 0 bridgehead atoms. The lowest BCUT2D eigenvalue weighted by Gasteiger charge is -2.48. The van der Waals surface area contributed by atoms with Crippen LogP contribution in [0.4, 0.5) is 0 Å². The van der Waals surface area contributed by atoms with E-state index in [1.165, 1.54) is 7.11 Å². The van der Waals surface area contributed by atoms with Gasteiger partial charge in [0.15, 0.2) is 17.4 Å². The lowest BCUT2D eigenvalue weighted by atomic mass is 9.85. The van der Waals surface area contributed by atoms with Gasteiger partial charge in [-0.1, -0.05) is 87.6 Å². The third kappa shape index (κ3) is 14.7. The zero-order valence-corrected chi connectivity index (χ0v) is 35.2. The zero-order valence-electron chi connectivity index (χ0n) is 35.2. The first-order valence-corrected chi connectivity index (χ1v) is 20.6. The maximum absolute atomic E-state index is 11.4. The summed E-state index contributed by atoms with van der Waals surface area (Å²) in [6.07, 6.45) is 23.1. The highest BCUT2D eigenvalue weighted by atomic mass is 16.7. The fraction of sp³-hybridized carbons (Fsp3) is 0.711. The van der Waals surface area contributed by atoms with Crippen molar-refractivity contribution >= 4 is 5.97 Å². The summed E-state index contributed by atoms with van der Waals surface area (Å²) in [4.78, 5) is 11.4. The predicted molar refractivity (Wildman–Crippen MR) is 215 cm³/mol. The average Bonchev–Trinajstić information content (AvgIpc) is 3.09. The molecule has 4 aliphatic rings. The van der Waals surface area contributed by atoms with Gasteiger partial charge in [0, 0.05) is 56.4 Å². The maximum Gasteiger partial charge on any atom is 0.333 e. The molecule has 0 amide bonds. The number of carbonyl (C=O) groups is 1. The number of carbonyl (C=O) groups excluding carboxylic acids is 1. The van der Waals surface area contributed by atoms with Crippen molar-refractivity contribution < 1.29 is 53.3 Å². The highest BCUT2D eigenvalue weighted by molar-refractivity contribution is 5.87. The standard InChI is InChI=1S/C45H70O11/c1-30(2)41(48)32(4)40-27-39(53-44(7,8)56-40)26-38-25-37(51-43(5,6)52-38)22-18-21-36-24-34(47)29-45(55-36)28-33(46)23-35(54-45)20-17-15-13-11-10-12-14-16-19-31(3)42(49)50-9/h10-19,21,30,32-41,46-48H,20,22-29H2,1-9H3/b12-10+,13-11+,16-14+,17-15+,21-18+,31-19+/t32-,33-,34+,35+,36-,37+,38+,39-,40-,41-,45+/m0/s1. The van der Waals surface area contributed by atoms with Crippen LogP contribution in [0.25, 0.3) is 0 Å². The number of methoxy groups -OCH3 is 1. The van der Waals surface area contributed by atoms with E-state index in [0.29, 0.717) is 63.4 Å². The largest absolute Gasteiger partial charge is 0.466 e. The predicted octanol–water partition coefficient (Wildman–Crippen LogP) is 7.31. The number of ether oxygens (including phenoxy) is 7. The Kier molecular flexibility index (Phi) is 17.3. The van der Waals surface area contributed by atoms with Crippen molar-refractivity contribution in [2.75, 3.05) is 7.11 Å². The van der Waals surface area contributed by atoms with Crippen LogP contribution in [-0.2, 0) is 38.0 Å². The Hall–Kier alpha value is -2.45. The molecule has 11 heteroatoms. The van der Waals surface area contributed by atoms with E-state index in [-0.39, 0.29) is 54.4 Å². The highest BCUT2D eigenvalue weighted by Crippen LogP contribution is 2.41. The molecule has 0 aromatic carbocycles. The lowest BCUT2D eigenvalue weighted by molar-refractivity contribution is -0.331. The van der Waals surface area contributed by atoms with Gasteiger partial charge >= 0.3 is 5.97 Å². The molecule has 4 heterocycles. The summed E-state index contributed by atoms with van der Waals surface area (Å²) in [5, 5.41) is 32.6. The molecule has 4 aliphatic heterocycles. The summed E-state index contributed by atoms with van der Waals surface area (Å²) >= 11 is 0. The van der Waals surface area contributed by atoms with Gasteiger partial charge in [0.25, 0.3) is 0 Å². The fourth-order valence-electron chi connectivity index (χ4n) is 8.38. The van der Waals surface area contributed by atoms with Crippen LogP contribution in [0.5, 0.6) is 0 Å². The van der Waals surface area contributed by atoms with Crippen LogP contribution >= 0.6 is 0 Å². The van der Waals surface area contributed by atoms with Crippen LogP contribution in [0.3, 0.4) is 0 Å². The molecule has 316 valence electrons. The maximum atomic E-state index is 11.4. The molecule has 0 aromatic rings. The Bertz CT molecular complexity index is 1420. The third-order valence-corrected chi connectivity index (χ3v) is 10.8. The summed E-state index contributed by atoms with van der Waals surface area (Å²) in [5.41, 5.74) is 0.526. The van der Waals surface area contributed by atoms with E-state index in [4.69, 9.17) is 28.4 Å². The van der Waals surface area contributed by atoms with Crippen molar-refractivity contribution in [3.8, 4) is 0 Å². The molecule has 11 nitrogen and oxygen atoms in total. The van der Waals surface area contributed by atoms with Gasteiger partial charge in [-0.25, -0.2) is 4.79 Å². The van der Waals surface area contributed by atoms with E-state index in [2.05, 4.69) is 17.7 Å². The minimum Gasteiger partial charge on any atom is -0.466 e. The normalized spacial score (nSPS) is 35.4. The van der Waals surface area contributed by atoms with Gasteiger partial charge in [0.2, 0.25) is 0 Å². The molecular weight excluding hydrogens is 716 g/mol. The van der Waals surface area contributed by atoms with Gasteiger partial charge in [-0.05, 0) is 53.4 Å². The third-order valence-electron chi connectivity index (χ3n) is 10.8. The van der Waals surface area contributed by atoms with Crippen molar-refractivity contribution in [1.82, 2.24) is 0 Å². The summed E-state index contributed by atoms with van der Waals surface area (Å²) in [6, 6.07) is 0. The smallest absolute Gasteiger partial charge is 0.333 e. The molecular formula is C45H70O11. The Morgan fingerprint density at radius 1 is 0.714 bits per heavy atom. The minimum atomic E-state index is -1.06. The molecule has 0 aromatic heterocycles. The van der Waals surface area contributed by atoms with Crippen molar-refractivity contribution in [1.29, 1.82) is 0 Å². The van der Waals surface area contributed by atoms with Gasteiger partial charge in [0.1, 0.15) is 0 Å². The molecule has 0 saturated carbocycles. The van der Waals surface area contributed by atoms with E-state index in [1.54, 1.807) is 19.1 Å². The average molecular weight is 787 g/mol. The van der Waals surface area contributed by atoms with E-state index >= 15 is 0 Å². The van der Waals surface area contributed by atoms with Crippen LogP contribution in [0.2, 0.25) is 0 Å². The molecule has 0 unspecified atom stereocenters. The molecule has 56 heavy (non-hydrogen) atoms. The number of rotatable bonds is 15. The highest BCUT2D eigenvalue weighted by Gasteiger charge is 2.48. The van der Waals surface area contributed by atoms with Crippen molar-refractivity contribution in [3.05, 3.63) is 72.4 Å². The minimum absolute atomic E-state index is 0.0269. The van der Waals surface area contributed by atoms with Crippen molar-refractivity contribution in [3.63, 3.8) is 0 Å². The Labute approximate surface area is 335 Å². The first kappa shape index (κ1) is 46.2. The molecule has 4 fully saturated rings. The Morgan fingerprint density at radius 2 is 1.27 bits per heavy atom. The van der Waals surface area contributed by atoms with Crippen LogP contribution < -0.4 is 0 Å². The second-order valence-electron chi connectivity index (χ2n) is 17.3. The topological polar surface area (TPSA) is 142 Å². The van der Waals surface area contributed by atoms with Crippen molar-refractivity contribution in [2.45, 2.75) is 185 Å². The van der Waals surface area contributed by atoms with Crippen molar-refractivity contribution in [2.24, 2.45) is 11.8 Å². The number of allylic oxidation sites excluding steroid dienone is 8. The van der Waals surface area contributed by atoms with Crippen LogP contribution in [0.1, 0.15) is 113 Å². The Morgan fingerprint density at radius 3 is 1.93 bits per heavy atom. The zero-order chi connectivity index (χ0) is 41.1. The second kappa shape index (κ2) is 21.0. The molecule has 3 N–H and O–H groups in total. The van der Waals surface area contributed by atoms with Gasteiger partial charge in [-0.3, -0.25) is 0 Å². The molecule has 1 spiro atoms. The quantitative estimate of drug-likeness (QED) is 0.0666.